The third-order valence-corrected chi connectivity index (χ3v) is 6.35. The molecule has 1 fully saturated rings. The quantitative estimate of drug-likeness (QED) is 0.638. The number of rotatable bonds is 8. The second kappa shape index (κ2) is 10.4. The lowest BCUT2D eigenvalue weighted by atomic mass is 10.1. The average Bonchev–Trinajstić information content (AvgIpc) is 3.17. The van der Waals surface area contributed by atoms with Crippen molar-refractivity contribution in [2.24, 2.45) is 0 Å². The molecule has 144 valence electrons. The molecule has 0 spiro atoms. The summed E-state index contributed by atoms with van der Waals surface area (Å²) >= 11 is 13.5. The monoisotopic (exact) mass is 422 g/mol. The lowest BCUT2D eigenvalue weighted by Crippen LogP contribution is -2.24. The number of carbonyl (C=O) groups excluding carboxylic acids is 1. The van der Waals surface area contributed by atoms with Crippen LogP contribution < -0.4 is 5.32 Å². The fraction of sp³-hybridized carbons (Fsp3) is 0.381. The van der Waals surface area contributed by atoms with E-state index in [0.717, 1.165) is 23.4 Å². The van der Waals surface area contributed by atoms with E-state index in [1.54, 1.807) is 17.8 Å². The summed E-state index contributed by atoms with van der Waals surface area (Å²) in [6.07, 6.45) is 2.63. The number of halogens is 2. The minimum Gasteiger partial charge on any atom is -0.351 e. The Morgan fingerprint density at radius 3 is 2.33 bits per heavy atom. The van der Waals surface area contributed by atoms with Gasteiger partial charge in [0.2, 0.25) is 5.91 Å². The second-order valence-electron chi connectivity index (χ2n) is 6.82. The molecule has 1 N–H and O–H groups in total. The van der Waals surface area contributed by atoms with Gasteiger partial charge in [-0.25, -0.2) is 0 Å². The smallest absolute Gasteiger partial charge is 0.230 e. The maximum atomic E-state index is 12.0. The Bertz CT molecular complexity index is 761. The Kier molecular flexibility index (Phi) is 7.89. The molecule has 2 aromatic carbocycles. The van der Waals surface area contributed by atoms with Gasteiger partial charge in [-0.05, 0) is 54.8 Å². The van der Waals surface area contributed by atoms with Crippen LogP contribution in [-0.2, 0) is 23.6 Å². The van der Waals surface area contributed by atoms with Crippen LogP contribution in [0.25, 0.3) is 0 Å². The number of nitrogens with zero attached hydrogens (tertiary/aromatic N) is 1. The molecule has 1 aliphatic rings. The van der Waals surface area contributed by atoms with Crippen molar-refractivity contribution in [3.8, 4) is 0 Å². The van der Waals surface area contributed by atoms with Crippen LogP contribution in [0.4, 0.5) is 0 Å². The van der Waals surface area contributed by atoms with Crippen molar-refractivity contribution < 1.29 is 4.79 Å². The van der Waals surface area contributed by atoms with Crippen molar-refractivity contribution in [1.82, 2.24) is 10.2 Å². The third-order valence-electron chi connectivity index (χ3n) is 4.60. The van der Waals surface area contributed by atoms with Gasteiger partial charge in [-0.2, -0.15) is 0 Å². The van der Waals surface area contributed by atoms with Crippen molar-refractivity contribution >= 4 is 40.9 Å². The topological polar surface area (TPSA) is 32.3 Å². The van der Waals surface area contributed by atoms with Crippen LogP contribution in [0.2, 0.25) is 10.0 Å². The van der Waals surface area contributed by atoms with Crippen LogP contribution in [0, 0.1) is 0 Å². The van der Waals surface area contributed by atoms with E-state index in [0.29, 0.717) is 22.3 Å². The number of likely N-dealkylation sites (tertiary alicyclic amines) is 1. The zero-order chi connectivity index (χ0) is 19.1. The van der Waals surface area contributed by atoms with E-state index in [1.807, 2.05) is 12.1 Å². The van der Waals surface area contributed by atoms with E-state index in [2.05, 4.69) is 34.5 Å². The fourth-order valence-electron chi connectivity index (χ4n) is 3.10. The molecule has 0 aliphatic carbocycles. The standard InChI is InChI=1S/C21H24Cl2N2OS/c22-19-8-7-18(11-20(19)23)14-27-15-21(26)24-12-16-3-5-17(6-4-16)13-25-9-1-2-10-25/h3-8,11H,1-2,9-10,12-15H2,(H,24,26). The first kappa shape index (κ1) is 20.5. The Hall–Kier alpha value is -1.20. The molecule has 0 aromatic heterocycles. The zero-order valence-corrected chi connectivity index (χ0v) is 17.5. The first-order chi connectivity index (χ1) is 13.1. The maximum absolute atomic E-state index is 12.0. The van der Waals surface area contributed by atoms with Crippen LogP contribution in [-0.4, -0.2) is 29.6 Å². The van der Waals surface area contributed by atoms with Crippen molar-refractivity contribution in [3.63, 3.8) is 0 Å². The van der Waals surface area contributed by atoms with E-state index < -0.39 is 0 Å². The van der Waals surface area contributed by atoms with Gasteiger partial charge in [0, 0.05) is 18.8 Å². The van der Waals surface area contributed by atoms with E-state index >= 15 is 0 Å². The lowest BCUT2D eigenvalue weighted by Gasteiger charge is -2.14. The molecule has 3 nitrogen and oxygen atoms in total. The fourth-order valence-corrected chi connectivity index (χ4v) is 4.23. The van der Waals surface area contributed by atoms with Gasteiger partial charge in [0.1, 0.15) is 0 Å². The Morgan fingerprint density at radius 1 is 0.963 bits per heavy atom. The van der Waals surface area contributed by atoms with Gasteiger partial charge in [-0.3, -0.25) is 9.69 Å². The molecule has 3 rings (SSSR count). The number of hydrogen-bond donors (Lipinski definition) is 1. The van der Waals surface area contributed by atoms with Gasteiger partial charge in [0.05, 0.1) is 15.8 Å². The third kappa shape index (κ3) is 6.72. The summed E-state index contributed by atoms with van der Waals surface area (Å²) in [6.45, 7) is 4.00. The van der Waals surface area contributed by atoms with Crippen LogP contribution in [0.1, 0.15) is 29.5 Å². The molecule has 6 heteroatoms. The summed E-state index contributed by atoms with van der Waals surface area (Å²) < 4.78 is 0. The molecule has 1 saturated heterocycles. The Balaban J connectivity index is 1.36. The summed E-state index contributed by atoms with van der Waals surface area (Å²) in [5.41, 5.74) is 3.53. The average molecular weight is 423 g/mol. The first-order valence-electron chi connectivity index (χ1n) is 9.19. The molecule has 2 aromatic rings. The molecule has 0 atom stereocenters. The van der Waals surface area contributed by atoms with E-state index in [4.69, 9.17) is 23.2 Å². The maximum Gasteiger partial charge on any atom is 0.230 e. The van der Waals surface area contributed by atoms with Crippen molar-refractivity contribution in [2.45, 2.75) is 31.7 Å². The number of hydrogen-bond acceptors (Lipinski definition) is 3. The summed E-state index contributed by atoms with van der Waals surface area (Å²) in [6, 6.07) is 14.1. The predicted octanol–water partition coefficient (Wildman–Crippen LogP) is 5.14. The van der Waals surface area contributed by atoms with Crippen molar-refractivity contribution in [2.75, 3.05) is 18.8 Å². The van der Waals surface area contributed by atoms with Gasteiger partial charge in [0.15, 0.2) is 0 Å². The summed E-state index contributed by atoms with van der Waals surface area (Å²) in [5, 5.41) is 4.08. The SMILES string of the molecule is O=C(CSCc1ccc(Cl)c(Cl)c1)NCc1ccc(CN2CCCC2)cc1. The highest BCUT2D eigenvalue weighted by Crippen LogP contribution is 2.24. The molecule has 0 bridgehead atoms. The zero-order valence-electron chi connectivity index (χ0n) is 15.2. The van der Waals surface area contributed by atoms with E-state index in [9.17, 15) is 4.79 Å². The van der Waals surface area contributed by atoms with Crippen LogP contribution >= 0.6 is 35.0 Å². The van der Waals surface area contributed by atoms with E-state index in [-0.39, 0.29) is 5.91 Å². The molecule has 0 unspecified atom stereocenters. The van der Waals surface area contributed by atoms with Gasteiger partial charge in [-0.15, -0.1) is 11.8 Å². The summed E-state index contributed by atoms with van der Waals surface area (Å²) in [7, 11) is 0. The highest BCUT2D eigenvalue weighted by molar-refractivity contribution is 7.99. The first-order valence-corrected chi connectivity index (χ1v) is 11.1. The minimum atomic E-state index is 0.0428. The minimum absolute atomic E-state index is 0.0428. The molecule has 1 heterocycles. The molecular weight excluding hydrogens is 399 g/mol. The number of nitrogens with one attached hydrogen (secondary N) is 1. The predicted molar refractivity (Wildman–Crippen MR) is 115 cm³/mol. The number of thioether (sulfide) groups is 1. The second-order valence-corrected chi connectivity index (χ2v) is 8.62. The Morgan fingerprint density at radius 2 is 1.63 bits per heavy atom. The lowest BCUT2D eigenvalue weighted by molar-refractivity contribution is -0.118. The Labute approximate surface area is 175 Å². The highest BCUT2D eigenvalue weighted by atomic mass is 35.5. The molecule has 0 saturated carbocycles. The van der Waals surface area contributed by atoms with E-state index in [1.165, 1.54) is 31.5 Å². The number of amides is 1. The van der Waals surface area contributed by atoms with Gasteiger partial charge in [0.25, 0.3) is 0 Å². The molecule has 0 radical (unpaired) electrons. The van der Waals surface area contributed by atoms with Gasteiger partial charge in [-0.1, -0.05) is 53.5 Å². The van der Waals surface area contributed by atoms with Crippen molar-refractivity contribution in [1.29, 1.82) is 0 Å². The largest absolute Gasteiger partial charge is 0.351 e. The number of carbonyl (C=O) groups is 1. The van der Waals surface area contributed by atoms with Crippen molar-refractivity contribution in [3.05, 3.63) is 69.2 Å². The molecular formula is C21H24Cl2N2OS. The molecule has 27 heavy (non-hydrogen) atoms. The normalized spacial score (nSPS) is 14.4. The highest BCUT2D eigenvalue weighted by Gasteiger charge is 2.11. The molecule has 1 aliphatic heterocycles. The van der Waals surface area contributed by atoms with Gasteiger partial charge >= 0.3 is 0 Å². The van der Waals surface area contributed by atoms with Gasteiger partial charge < -0.3 is 5.32 Å². The van der Waals surface area contributed by atoms with Crippen LogP contribution in [0.3, 0.4) is 0 Å². The summed E-state index contributed by atoms with van der Waals surface area (Å²) in [4.78, 5) is 14.5. The number of benzene rings is 2. The van der Waals surface area contributed by atoms with Crippen LogP contribution in [0.5, 0.6) is 0 Å². The van der Waals surface area contributed by atoms with Crippen LogP contribution in [0.15, 0.2) is 42.5 Å². The summed E-state index contributed by atoms with van der Waals surface area (Å²) in [5.74, 6) is 1.20. The molecule has 1 amide bonds.